The molecule has 0 aromatic heterocycles. The maximum atomic E-state index is 12.9. The van der Waals surface area contributed by atoms with Gasteiger partial charge < -0.3 is 9.64 Å². The number of fused-ring (bicyclic) bond motifs is 1. The second kappa shape index (κ2) is 8.80. The SMILES string of the molecule is Cc1ccc(C)c(N2C[C@H](C(=O)Oc3ccc(N4C(=O)[C@@H]5CC=CC[C@H]5C4=O)c(C)c3)CC2=O)c1. The van der Waals surface area contributed by atoms with Gasteiger partial charge in [0.15, 0.2) is 0 Å². The highest BCUT2D eigenvalue weighted by molar-refractivity contribution is 6.22. The van der Waals surface area contributed by atoms with Crippen LogP contribution in [0, 0.1) is 38.5 Å². The molecule has 0 saturated carbocycles. The highest BCUT2D eigenvalue weighted by atomic mass is 16.5. The molecule has 2 aromatic carbocycles. The van der Waals surface area contributed by atoms with Gasteiger partial charge in [-0.2, -0.15) is 0 Å². The molecule has 0 radical (unpaired) electrons. The van der Waals surface area contributed by atoms with Crippen LogP contribution in [0.3, 0.4) is 0 Å². The normalized spacial score (nSPS) is 23.7. The number of hydrogen-bond acceptors (Lipinski definition) is 5. The van der Waals surface area contributed by atoms with Crippen LogP contribution in [0.2, 0.25) is 0 Å². The number of benzene rings is 2. The van der Waals surface area contributed by atoms with Gasteiger partial charge in [0, 0.05) is 18.7 Å². The summed E-state index contributed by atoms with van der Waals surface area (Å²) in [7, 11) is 0. The summed E-state index contributed by atoms with van der Waals surface area (Å²) in [6.45, 7) is 5.97. The standard InChI is InChI=1S/C28H28N2O5/c1-16-8-9-17(2)24(12-16)29-15-19(14-25(29)31)28(34)35-20-10-11-23(18(3)13-20)30-26(32)21-6-4-5-7-22(21)27(30)33/h4-5,8-13,19,21-22H,6-7,14-15H2,1-3H3/t19-,21-,22-/m1/s1. The van der Waals surface area contributed by atoms with Gasteiger partial charge in [-0.05, 0) is 74.6 Å². The van der Waals surface area contributed by atoms with Crippen LogP contribution in [-0.2, 0) is 19.2 Å². The van der Waals surface area contributed by atoms with E-state index in [9.17, 15) is 19.2 Å². The Morgan fingerprint density at radius 2 is 1.54 bits per heavy atom. The Hall–Kier alpha value is -3.74. The highest BCUT2D eigenvalue weighted by Crippen LogP contribution is 2.39. The molecule has 7 heteroatoms. The van der Waals surface area contributed by atoms with E-state index in [1.54, 1.807) is 30.0 Å². The molecule has 2 aromatic rings. The van der Waals surface area contributed by atoms with E-state index in [4.69, 9.17) is 4.74 Å². The molecule has 2 saturated heterocycles. The lowest BCUT2D eigenvalue weighted by Gasteiger charge is -2.20. The molecule has 35 heavy (non-hydrogen) atoms. The van der Waals surface area contributed by atoms with Crippen LogP contribution < -0.4 is 14.5 Å². The average molecular weight is 473 g/mol. The Balaban J connectivity index is 1.29. The summed E-state index contributed by atoms with van der Waals surface area (Å²) in [5.41, 5.74) is 4.03. The number of amides is 3. The zero-order chi connectivity index (χ0) is 24.9. The number of allylic oxidation sites excluding steroid dienone is 2. The Kier molecular flexibility index (Phi) is 5.79. The molecule has 3 aliphatic rings. The number of esters is 1. The number of carbonyl (C=O) groups is 4. The predicted octanol–water partition coefficient (Wildman–Crippen LogP) is 4.03. The number of nitrogens with zero attached hydrogens (tertiary/aromatic N) is 2. The van der Waals surface area contributed by atoms with Gasteiger partial charge in [0.05, 0.1) is 23.4 Å². The van der Waals surface area contributed by atoms with Crippen LogP contribution in [0.15, 0.2) is 48.6 Å². The first-order valence-electron chi connectivity index (χ1n) is 12.0. The van der Waals surface area contributed by atoms with Crippen LogP contribution in [0.25, 0.3) is 0 Å². The van der Waals surface area contributed by atoms with E-state index < -0.39 is 11.9 Å². The topological polar surface area (TPSA) is 84.0 Å². The molecule has 2 aliphatic heterocycles. The van der Waals surface area contributed by atoms with Crippen LogP contribution in [0.4, 0.5) is 11.4 Å². The third kappa shape index (κ3) is 4.05. The number of rotatable bonds is 4. The molecule has 2 heterocycles. The molecular formula is C28H28N2O5. The van der Waals surface area contributed by atoms with Crippen LogP contribution in [0.1, 0.15) is 36.0 Å². The number of aryl methyl sites for hydroxylation is 3. The largest absolute Gasteiger partial charge is 0.426 e. The minimum absolute atomic E-state index is 0.0941. The molecular weight excluding hydrogens is 444 g/mol. The van der Waals surface area contributed by atoms with E-state index >= 15 is 0 Å². The van der Waals surface area contributed by atoms with Crippen molar-refractivity contribution in [3.05, 3.63) is 65.2 Å². The molecule has 1 aliphatic carbocycles. The number of anilines is 2. The Morgan fingerprint density at radius 1 is 0.857 bits per heavy atom. The number of carbonyl (C=O) groups excluding carboxylic acids is 4. The molecule has 0 N–H and O–H groups in total. The number of imide groups is 1. The molecule has 5 rings (SSSR count). The van der Waals surface area contributed by atoms with E-state index in [1.807, 2.05) is 44.2 Å². The summed E-state index contributed by atoms with van der Waals surface area (Å²) in [5, 5.41) is 0. The van der Waals surface area contributed by atoms with Gasteiger partial charge in [0.1, 0.15) is 5.75 Å². The van der Waals surface area contributed by atoms with E-state index in [1.165, 1.54) is 4.90 Å². The lowest BCUT2D eigenvalue weighted by atomic mass is 9.85. The first kappa shape index (κ1) is 23.0. The highest BCUT2D eigenvalue weighted by Gasteiger charge is 2.48. The smallest absolute Gasteiger partial charge is 0.316 e. The number of hydrogen-bond donors (Lipinski definition) is 0. The monoisotopic (exact) mass is 472 g/mol. The van der Waals surface area contributed by atoms with Gasteiger partial charge in [-0.15, -0.1) is 0 Å². The van der Waals surface area contributed by atoms with Crippen LogP contribution in [0.5, 0.6) is 5.75 Å². The summed E-state index contributed by atoms with van der Waals surface area (Å²) >= 11 is 0. The summed E-state index contributed by atoms with van der Waals surface area (Å²) in [5.74, 6) is -1.76. The average Bonchev–Trinajstić information content (AvgIpc) is 3.34. The molecule has 3 amide bonds. The van der Waals surface area contributed by atoms with E-state index in [0.29, 0.717) is 29.8 Å². The van der Waals surface area contributed by atoms with Crippen molar-refractivity contribution >= 4 is 35.1 Å². The number of ether oxygens (including phenoxy) is 1. The van der Waals surface area contributed by atoms with Crippen molar-refractivity contribution in [2.24, 2.45) is 17.8 Å². The predicted molar refractivity (Wildman–Crippen MR) is 131 cm³/mol. The van der Waals surface area contributed by atoms with Crippen molar-refractivity contribution in [3.63, 3.8) is 0 Å². The summed E-state index contributed by atoms with van der Waals surface area (Å²) in [4.78, 5) is 54.3. The van der Waals surface area contributed by atoms with Crippen LogP contribution in [-0.4, -0.2) is 30.2 Å². The zero-order valence-corrected chi connectivity index (χ0v) is 20.1. The van der Waals surface area contributed by atoms with Gasteiger partial charge in [-0.1, -0.05) is 24.3 Å². The fraction of sp³-hybridized carbons (Fsp3) is 0.357. The third-order valence-electron chi connectivity index (χ3n) is 7.25. The van der Waals surface area contributed by atoms with Crippen LogP contribution >= 0.6 is 0 Å². The van der Waals surface area contributed by atoms with Gasteiger partial charge >= 0.3 is 5.97 Å². The van der Waals surface area contributed by atoms with Gasteiger partial charge in [-0.3, -0.25) is 19.2 Å². The van der Waals surface area contributed by atoms with E-state index in [2.05, 4.69) is 0 Å². The molecule has 2 fully saturated rings. The third-order valence-corrected chi connectivity index (χ3v) is 7.25. The van der Waals surface area contributed by atoms with Crippen molar-refractivity contribution < 1.29 is 23.9 Å². The van der Waals surface area contributed by atoms with Crippen molar-refractivity contribution in [2.45, 2.75) is 40.0 Å². The first-order valence-corrected chi connectivity index (χ1v) is 12.0. The lowest BCUT2D eigenvalue weighted by molar-refractivity contribution is -0.139. The molecule has 0 spiro atoms. The molecule has 3 atom stereocenters. The Bertz CT molecular complexity index is 1250. The van der Waals surface area contributed by atoms with Gasteiger partial charge in [0.25, 0.3) is 0 Å². The summed E-state index contributed by atoms with van der Waals surface area (Å²) < 4.78 is 5.62. The van der Waals surface area contributed by atoms with Gasteiger partial charge in [0.2, 0.25) is 17.7 Å². The molecule has 0 unspecified atom stereocenters. The zero-order valence-electron chi connectivity index (χ0n) is 20.1. The van der Waals surface area contributed by atoms with E-state index in [0.717, 1.165) is 16.8 Å². The van der Waals surface area contributed by atoms with E-state index in [-0.39, 0.29) is 42.5 Å². The van der Waals surface area contributed by atoms with Crippen molar-refractivity contribution in [1.29, 1.82) is 0 Å². The van der Waals surface area contributed by atoms with Crippen molar-refractivity contribution in [1.82, 2.24) is 0 Å². The van der Waals surface area contributed by atoms with Crippen molar-refractivity contribution in [2.75, 3.05) is 16.3 Å². The summed E-state index contributed by atoms with van der Waals surface area (Å²) in [6.07, 6.45) is 5.18. The fourth-order valence-corrected chi connectivity index (χ4v) is 5.29. The Labute approximate surface area is 204 Å². The Morgan fingerprint density at radius 3 is 2.20 bits per heavy atom. The quantitative estimate of drug-likeness (QED) is 0.290. The second-order valence-corrected chi connectivity index (χ2v) is 9.73. The minimum Gasteiger partial charge on any atom is -0.426 e. The lowest BCUT2D eigenvalue weighted by Crippen LogP contribution is -2.31. The fourth-order valence-electron chi connectivity index (χ4n) is 5.29. The maximum absolute atomic E-state index is 12.9. The molecule has 7 nitrogen and oxygen atoms in total. The minimum atomic E-state index is -0.570. The molecule has 180 valence electrons. The maximum Gasteiger partial charge on any atom is 0.316 e. The van der Waals surface area contributed by atoms with Gasteiger partial charge in [-0.25, -0.2) is 4.90 Å². The first-order chi connectivity index (χ1) is 16.7. The summed E-state index contributed by atoms with van der Waals surface area (Å²) in [6, 6.07) is 10.8. The second-order valence-electron chi connectivity index (χ2n) is 9.73. The van der Waals surface area contributed by atoms with Crippen molar-refractivity contribution in [3.8, 4) is 5.75 Å². The molecule has 0 bridgehead atoms.